The van der Waals surface area contributed by atoms with Crippen LogP contribution in [0.4, 0.5) is 0 Å². The Bertz CT molecular complexity index is 580. The third-order valence-electron chi connectivity index (χ3n) is 2.94. The molecule has 0 aromatic heterocycles. The van der Waals surface area contributed by atoms with Crippen molar-refractivity contribution in [2.45, 2.75) is 13.8 Å². The van der Waals surface area contributed by atoms with E-state index in [9.17, 15) is 0 Å². The van der Waals surface area contributed by atoms with Crippen molar-refractivity contribution in [2.75, 3.05) is 0 Å². The SMILES string of the molecule is [B]c1cc2cc(C=CC)c([B])cc2cc1C=CC. The van der Waals surface area contributed by atoms with Gasteiger partial charge in [-0.25, -0.2) is 0 Å². The van der Waals surface area contributed by atoms with Gasteiger partial charge in [-0.3, -0.25) is 0 Å². The Kier molecular flexibility index (Phi) is 3.76. The van der Waals surface area contributed by atoms with Crippen molar-refractivity contribution in [3.8, 4) is 0 Å². The highest BCUT2D eigenvalue weighted by molar-refractivity contribution is 6.37. The van der Waals surface area contributed by atoms with Gasteiger partial charge in [-0.05, 0) is 47.9 Å². The predicted molar refractivity (Wildman–Crippen MR) is 84.1 cm³/mol. The number of hydrogen-bond acceptors (Lipinski definition) is 0. The van der Waals surface area contributed by atoms with Crippen LogP contribution >= 0.6 is 0 Å². The van der Waals surface area contributed by atoms with Gasteiger partial charge in [-0.15, -0.1) is 0 Å². The van der Waals surface area contributed by atoms with Gasteiger partial charge >= 0.3 is 0 Å². The van der Waals surface area contributed by atoms with Crippen molar-refractivity contribution in [2.24, 2.45) is 0 Å². The first-order chi connectivity index (χ1) is 8.65. The maximum atomic E-state index is 6.03. The van der Waals surface area contributed by atoms with Gasteiger partial charge in [0, 0.05) is 0 Å². The minimum absolute atomic E-state index is 0.789. The van der Waals surface area contributed by atoms with Crippen molar-refractivity contribution in [3.63, 3.8) is 0 Å². The van der Waals surface area contributed by atoms with E-state index in [0.717, 1.165) is 32.8 Å². The standard InChI is InChI=1S/C16H14B2/c1-3-5-11-7-13-10-16(18)12(6-4-2)8-14(13)9-15(11)17/h3-10H,1-2H3. The van der Waals surface area contributed by atoms with Gasteiger partial charge in [0.15, 0.2) is 0 Å². The molecule has 0 bridgehead atoms. The summed E-state index contributed by atoms with van der Waals surface area (Å²) in [6, 6.07) is 8.13. The largest absolute Gasteiger partial charge is 0.114 e. The summed E-state index contributed by atoms with van der Waals surface area (Å²) in [6.45, 7) is 3.96. The molecule has 0 nitrogen and oxygen atoms in total. The summed E-state index contributed by atoms with van der Waals surface area (Å²) in [4.78, 5) is 0. The fourth-order valence-electron chi connectivity index (χ4n) is 2.07. The van der Waals surface area contributed by atoms with Gasteiger partial charge in [0.2, 0.25) is 0 Å². The van der Waals surface area contributed by atoms with Gasteiger partial charge < -0.3 is 0 Å². The maximum absolute atomic E-state index is 6.03. The van der Waals surface area contributed by atoms with E-state index in [-0.39, 0.29) is 0 Å². The van der Waals surface area contributed by atoms with Gasteiger partial charge in [0.05, 0.1) is 0 Å². The van der Waals surface area contributed by atoms with Crippen LogP contribution in [-0.4, -0.2) is 15.7 Å². The molecule has 0 aliphatic rings. The van der Waals surface area contributed by atoms with Crippen molar-refractivity contribution in [3.05, 3.63) is 47.5 Å². The zero-order chi connectivity index (χ0) is 13.1. The van der Waals surface area contributed by atoms with Crippen LogP contribution in [0, 0.1) is 0 Å². The summed E-state index contributed by atoms with van der Waals surface area (Å²) < 4.78 is 0. The second-order valence-corrected chi connectivity index (χ2v) is 4.31. The number of rotatable bonds is 2. The first-order valence-corrected chi connectivity index (χ1v) is 6.04. The Labute approximate surface area is 111 Å². The average Bonchev–Trinajstić information content (AvgIpc) is 2.33. The third-order valence-corrected chi connectivity index (χ3v) is 2.94. The third kappa shape index (κ3) is 2.43. The summed E-state index contributed by atoms with van der Waals surface area (Å²) >= 11 is 0. The van der Waals surface area contributed by atoms with E-state index in [0.29, 0.717) is 0 Å². The van der Waals surface area contributed by atoms with E-state index in [4.69, 9.17) is 15.7 Å². The Morgan fingerprint density at radius 2 is 1.11 bits per heavy atom. The lowest BCUT2D eigenvalue weighted by atomic mass is 9.83. The maximum Gasteiger partial charge on any atom is 0.114 e. The molecule has 2 aromatic carbocycles. The molecular formula is C16H14B2. The summed E-state index contributed by atoms with van der Waals surface area (Å²) in [5, 5.41) is 2.23. The number of fused-ring (bicyclic) bond motifs is 1. The molecule has 0 amide bonds. The lowest BCUT2D eigenvalue weighted by molar-refractivity contribution is 1.71. The second kappa shape index (κ2) is 5.30. The molecule has 0 atom stereocenters. The van der Waals surface area contributed by atoms with Crippen LogP contribution in [0.2, 0.25) is 0 Å². The fourth-order valence-corrected chi connectivity index (χ4v) is 2.07. The Balaban J connectivity index is 2.69. The molecule has 0 saturated heterocycles. The lowest BCUT2D eigenvalue weighted by Gasteiger charge is -2.09. The zero-order valence-electron chi connectivity index (χ0n) is 10.8. The molecular weight excluding hydrogens is 214 g/mol. The second-order valence-electron chi connectivity index (χ2n) is 4.31. The van der Waals surface area contributed by atoms with E-state index in [1.54, 1.807) is 0 Å². The molecule has 4 radical (unpaired) electrons. The quantitative estimate of drug-likeness (QED) is 0.692. The molecule has 18 heavy (non-hydrogen) atoms. The van der Waals surface area contributed by atoms with Crippen molar-refractivity contribution < 1.29 is 0 Å². The van der Waals surface area contributed by atoms with Gasteiger partial charge in [-0.2, -0.15) is 0 Å². The van der Waals surface area contributed by atoms with Crippen molar-refractivity contribution >= 4 is 49.5 Å². The smallest absolute Gasteiger partial charge is 0.0890 e. The van der Waals surface area contributed by atoms with Crippen LogP contribution in [0.5, 0.6) is 0 Å². The highest BCUT2D eigenvalue weighted by atomic mass is 14.0. The topological polar surface area (TPSA) is 0 Å². The van der Waals surface area contributed by atoms with Gasteiger partial charge in [-0.1, -0.05) is 47.4 Å². The summed E-state index contributed by atoms with van der Waals surface area (Å²) in [7, 11) is 12.1. The Morgan fingerprint density at radius 1 is 0.722 bits per heavy atom. The van der Waals surface area contributed by atoms with E-state index >= 15 is 0 Å². The highest BCUT2D eigenvalue weighted by Gasteiger charge is 2.02. The number of hydrogen-bond donors (Lipinski definition) is 0. The predicted octanol–water partition coefficient (Wildman–Crippen LogP) is 2.49. The molecule has 0 fully saturated rings. The molecule has 0 heterocycles. The molecule has 2 aromatic rings. The van der Waals surface area contributed by atoms with Crippen LogP contribution in [-0.2, 0) is 0 Å². The molecule has 2 heteroatoms. The van der Waals surface area contributed by atoms with Crippen LogP contribution in [0.25, 0.3) is 22.9 Å². The lowest BCUT2D eigenvalue weighted by Crippen LogP contribution is -2.10. The van der Waals surface area contributed by atoms with Crippen LogP contribution in [0.15, 0.2) is 36.4 Å². The molecule has 2 rings (SSSR count). The first kappa shape index (κ1) is 12.8. The Hall–Kier alpha value is -1.69. The van der Waals surface area contributed by atoms with E-state index < -0.39 is 0 Å². The molecule has 84 valence electrons. The van der Waals surface area contributed by atoms with Crippen molar-refractivity contribution in [1.82, 2.24) is 0 Å². The van der Waals surface area contributed by atoms with Gasteiger partial charge in [0.1, 0.15) is 15.7 Å². The molecule has 0 aliphatic carbocycles. The van der Waals surface area contributed by atoms with Gasteiger partial charge in [0.25, 0.3) is 0 Å². The first-order valence-electron chi connectivity index (χ1n) is 6.04. The van der Waals surface area contributed by atoms with E-state index in [2.05, 4.69) is 12.1 Å². The fraction of sp³-hybridized carbons (Fsp3) is 0.125. The number of benzene rings is 2. The minimum atomic E-state index is 0.789. The number of allylic oxidation sites excluding steroid dienone is 2. The van der Waals surface area contributed by atoms with Crippen LogP contribution in [0.1, 0.15) is 25.0 Å². The average molecular weight is 228 g/mol. The minimum Gasteiger partial charge on any atom is -0.0890 e. The molecule has 0 aliphatic heterocycles. The highest BCUT2D eigenvalue weighted by Crippen LogP contribution is 2.16. The zero-order valence-corrected chi connectivity index (χ0v) is 10.8. The van der Waals surface area contributed by atoms with Crippen LogP contribution in [0.3, 0.4) is 0 Å². The van der Waals surface area contributed by atoms with E-state index in [1.807, 2.05) is 50.3 Å². The molecule has 0 spiro atoms. The summed E-state index contributed by atoms with van der Waals surface area (Å²) in [5.74, 6) is 0. The summed E-state index contributed by atoms with van der Waals surface area (Å²) in [6.07, 6.45) is 7.97. The molecule has 0 unspecified atom stereocenters. The van der Waals surface area contributed by atoms with Crippen molar-refractivity contribution in [1.29, 1.82) is 0 Å². The van der Waals surface area contributed by atoms with Crippen LogP contribution < -0.4 is 10.9 Å². The monoisotopic (exact) mass is 228 g/mol. The Morgan fingerprint density at radius 3 is 1.44 bits per heavy atom. The normalized spacial score (nSPS) is 11.9. The van der Waals surface area contributed by atoms with E-state index in [1.165, 1.54) is 0 Å². The summed E-state index contributed by atoms with van der Waals surface area (Å²) in [5.41, 5.74) is 3.64. The molecule has 0 saturated carbocycles. The molecule has 0 N–H and O–H groups in total.